The van der Waals surface area contributed by atoms with E-state index in [1.54, 1.807) is 0 Å². The Morgan fingerprint density at radius 3 is 0.694 bits per heavy atom. The quantitative estimate of drug-likeness (QED) is 0.0252. The van der Waals surface area contributed by atoms with E-state index in [1.165, 1.54) is 0 Å². The molecule has 0 unspecified atom stereocenters. The van der Waals surface area contributed by atoms with E-state index in [1.807, 2.05) is 0 Å². The monoisotopic (exact) mass is 892 g/mol. The Kier molecular flexibility index (Phi) is 47.5. The van der Waals surface area contributed by atoms with Crippen LogP contribution in [-0.2, 0) is 0 Å². The molecule has 0 aromatic carbocycles. The molecule has 22 N–H and O–H groups in total. The highest BCUT2D eigenvalue weighted by atomic mass is 15.3. The van der Waals surface area contributed by atoms with Crippen LogP contribution >= 0.6 is 0 Å². The molecular formula is C41H105N21. The van der Waals surface area contributed by atoms with Gasteiger partial charge in [-0.15, -0.1) is 0 Å². The molecule has 0 aromatic rings. The minimum Gasteiger partial charge on any atom is -0.329 e. The molecule has 0 aliphatic rings. The average molecular weight is 892 g/mol. The summed E-state index contributed by atoms with van der Waals surface area (Å²) >= 11 is 0. The largest absolute Gasteiger partial charge is 0.329 e. The van der Waals surface area contributed by atoms with Crippen LogP contribution in [0.2, 0.25) is 0 Å². The van der Waals surface area contributed by atoms with Crippen LogP contribution in [-0.4, -0.2) is 303 Å². The standard InChI is InChI=1S/C41H105N21/c1-56(34-36-59(25-8-48)30-21-55-20-27-57(22-5-45)23-6-46)35-37-60(26-9-49)38-40-62(41-39-61(31-16-51-11-3-43)32-17-52-12-4-44)33-19-54-14-13-53-18-29-58(24-7-47)28-15-50-10-2-42/h50-55H,2-49H2,1H3. The Balaban J connectivity index is 5.13. The minimum atomic E-state index is 0.653. The van der Waals surface area contributed by atoms with Crippen molar-refractivity contribution in [3.8, 4) is 0 Å². The van der Waals surface area contributed by atoms with Gasteiger partial charge in [0.2, 0.25) is 0 Å². The van der Waals surface area contributed by atoms with E-state index < -0.39 is 0 Å². The maximum atomic E-state index is 6.16. The summed E-state index contributed by atoms with van der Waals surface area (Å²) in [5.74, 6) is 0. The second-order valence-electron chi connectivity index (χ2n) is 16.2. The first-order valence-electron chi connectivity index (χ1n) is 24.3. The van der Waals surface area contributed by atoms with Gasteiger partial charge in [-0.2, -0.15) is 0 Å². The molecule has 0 heterocycles. The third-order valence-electron chi connectivity index (χ3n) is 11.0. The summed E-state index contributed by atoms with van der Waals surface area (Å²) < 4.78 is 0. The van der Waals surface area contributed by atoms with Crippen LogP contribution in [0, 0.1) is 0 Å². The van der Waals surface area contributed by atoms with Gasteiger partial charge >= 0.3 is 0 Å². The number of nitrogens with one attached hydrogen (secondary N) is 6. The molecule has 0 radical (unpaired) electrons. The molecule has 0 fully saturated rings. The summed E-state index contributed by atoms with van der Waals surface area (Å²) in [4.78, 5) is 17.3. The number of nitrogens with zero attached hydrogens (tertiary/aromatic N) is 7. The first-order chi connectivity index (χ1) is 30.4. The Morgan fingerprint density at radius 1 is 0.210 bits per heavy atom. The molecule has 0 spiro atoms. The fourth-order valence-electron chi connectivity index (χ4n) is 7.12. The van der Waals surface area contributed by atoms with Gasteiger partial charge in [-0.3, -0.25) is 29.4 Å². The molecule has 0 aliphatic heterocycles. The van der Waals surface area contributed by atoms with Crippen LogP contribution < -0.4 is 77.8 Å². The second kappa shape index (κ2) is 48.1. The third-order valence-corrected chi connectivity index (χ3v) is 11.0. The first-order valence-corrected chi connectivity index (χ1v) is 24.3. The summed E-state index contributed by atoms with van der Waals surface area (Å²) in [6.07, 6.45) is 0. The van der Waals surface area contributed by atoms with Gasteiger partial charge in [0, 0.05) is 262 Å². The predicted molar refractivity (Wildman–Crippen MR) is 266 cm³/mol. The summed E-state index contributed by atoms with van der Waals surface area (Å²) in [7, 11) is 2.23. The predicted octanol–water partition coefficient (Wildman–Crippen LogP) is -8.06. The van der Waals surface area contributed by atoms with Crippen molar-refractivity contribution in [1.82, 2.24) is 66.2 Å². The van der Waals surface area contributed by atoms with Crippen molar-refractivity contribution in [2.45, 2.75) is 0 Å². The smallest absolute Gasteiger partial charge is 0.0110 e. The SMILES string of the molecule is CN(CCN(CCN)CCNCCN(CCN)CCN)CCN(CCN)CCN(CCNCCNCCN(CCN)CCNCCN)CCN(CCNCCN)CCNCCN. The zero-order chi connectivity index (χ0) is 45.6. The number of hydrogen-bond acceptors (Lipinski definition) is 21. The van der Waals surface area contributed by atoms with Crippen molar-refractivity contribution in [3.05, 3.63) is 0 Å². The molecule has 21 nitrogen and oxygen atoms in total. The molecule has 0 rings (SSSR count). The van der Waals surface area contributed by atoms with E-state index in [9.17, 15) is 0 Å². The van der Waals surface area contributed by atoms with Crippen molar-refractivity contribution in [3.63, 3.8) is 0 Å². The van der Waals surface area contributed by atoms with Crippen LogP contribution in [0.5, 0.6) is 0 Å². The zero-order valence-electron chi connectivity index (χ0n) is 40.0. The van der Waals surface area contributed by atoms with Crippen LogP contribution in [0.4, 0.5) is 0 Å². The summed E-state index contributed by atoms with van der Waals surface area (Å²) in [6, 6.07) is 0. The highest BCUT2D eigenvalue weighted by Gasteiger charge is 2.14. The van der Waals surface area contributed by atoms with Crippen molar-refractivity contribution < 1.29 is 0 Å². The van der Waals surface area contributed by atoms with E-state index in [2.05, 4.69) is 73.2 Å². The second-order valence-corrected chi connectivity index (χ2v) is 16.2. The Labute approximate surface area is 380 Å². The summed E-state index contributed by atoms with van der Waals surface area (Å²) in [5.41, 5.74) is 46.6. The number of likely N-dealkylation sites (N-methyl/N-ethyl adjacent to an activating group) is 1. The fraction of sp³-hybridized carbons (Fsp3) is 1.00. The molecule has 0 bridgehead atoms. The molecular weight excluding hydrogens is 787 g/mol. The number of rotatable bonds is 52. The summed E-state index contributed by atoms with van der Waals surface area (Å²) in [5, 5.41) is 21.2. The van der Waals surface area contributed by atoms with Crippen molar-refractivity contribution in [2.24, 2.45) is 45.9 Å². The third kappa shape index (κ3) is 39.5. The zero-order valence-corrected chi connectivity index (χ0v) is 40.0. The highest BCUT2D eigenvalue weighted by Crippen LogP contribution is 1.98. The average Bonchev–Trinajstić information content (AvgIpc) is 3.27. The van der Waals surface area contributed by atoms with Gasteiger partial charge in [0.25, 0.3) is 0 Å². The van der Waals surface area contributed by atoms with Gasteiger partial charge in [-0.1, -0.05) is 0 Å². The van der Waals surface area contributed by atoms with Gasteiger partial charge in [0.15, 0.2) is 0 Å². The first kappa shape index (κ1) is 61.2. The van der Waals surface area contributed by atoms with Crippen LogP contribution in [0.3, 0.4) is 0 Å². The molecule has 0 saturated heterocycles. The molecule has 62 heavy (non-hydrogen) atoms. The van der Waals surface area contributed by atoms with E-state index in [0.29, 0.717) is 52.4 Å². The molecule has 0 saturated carbocycles. The topological polar surface area (TPSA) is 303 Å². The van der Waals surface area contributed by atoms with Gasteiger partial charge < -0.3 is 82.7 Å². The van der Waals surface area contributed by atoms with Gasteiger partial charge in [-0.05, 0) is 7.05 Å². The lowest BCUT2D eigenvalue weighted by atomic mass is 10.3. The van der Waals surface area contributed by atoms with Gasteiger partial charge in [-0.25, -0.2) is 0 Å². The lowest BCUT2D eigenvalue weighted by Crippen LogP contribution is -2.47. The van der Waals surface area contributed by atoms with Crippen molar-refractivity contribution in [1.29, 1.82) is 0 Å². The fourth-order valence-corrected chi connectivity index (χ4v) is 7.12. The van der Waals surface area contributed by atoms with Crippen molar-refractivity contribution in [2.75, 3.05) is 269 Å². The normalized spacial score (nSPS) is 12.4. The van der Waals surface area contributed by atoms with E-state index in [0.717, 1.165) is 209 Å². The number of hydrogen-bond donors (Lipinski definition) is 14. The molecule has 0 aromatic heterocycles. The molecule has 0 aliphatic carbocycles. The van der Waals surface area contributed by atoms with E-state index in [-0.39, 0.29) is 0 Å². The number of nitrogens with two attached hydrogens (primary N) is 8. The van der Waals surface area contributed by atoms with Gasteiger partial charge in [0.1, 0.15) is 0 Å². The van der Waals surface area contributed by atoms with Crippen LogP contribution in [0.25, 0.3) is 0 Å². The van der Waals surface area contributed by atoms with Gasteiger partial charge in [0.05, 0.1) is 0 Å². The Bertz CT molecular complexity index is 852. The van der Waals surface area contributed by atoms with E-state index in [4.69, 9.17) is 45.9 Å². The Hall–Kier alpha value is -0.840. The molecule has 21 heteroatoms. The van der Waals surface area contributed by atoms with E-state index >= 15 is 0 Å². The molecule has 0 amide bonds. The maximum absolute atomic E-state index is 6.16. The maximum Gasteiger partial charge on any atom is 0.0110 e. The van der Waals surface area contributed by atoms with Crippen LogP contribution in [0.1, 0.15) is 0 Å². The minimum absolute atomic E-state index is 0.653. The lowest BCUT2D eigenvalue weighted by Gasteiger charge is -2.31. The van der Waals surface area contributed by atoms with Crippen molar-refractivity contribution >= 4 is 0 Å². The van der Waals surface area contributed by atoms with Crippen LogP contribution in [0.15, 0.2) is 0 Å². The lowest BCUT2D eigenvalue weighted by molar-refractivity contribution is 0.164. The Morgan fingerprint density at radius 2 is 0.403 bits per heavy atom. The summed E-state index contributed by atoms with van der Waals surface area (Å²) in [6.45, 7) is 35.6. The molecule has 0 atom stereocenters. The highest BCUT2D eigenvalue weighted by molar-refractivity contribution is 4.72. The molecule has 374 valence electrons.